The van der Waals surface area contributed by atoms with Crippen LogP contribution in [0, 0.1) is 0 Å². The molecule has 10 heteroatoms. The molecule has 1 saturated heterocycles. The summed E-state index contributed by atoms with van der Waals surface area (Å²) < 4.78 is 12.4. The van der Waals surface area contributed by atoms with Crippen LogP contribution in [0.4, 0.5) is 5.95 Å². The Balaban J connectivity index is 1.68. The number of hydrogen-bond acceptors (Lipinski definition) is 8. The lowest BCUT2D eigenvalue weighted by Crippen LogP contribution is -2.42. The lowest BCUT2D eigenvalue weighted by molar-refractivity contribution is -0.121. The molecule has 0 unspecified atom stereocenters. The molecule has 1 atom stereocenters. The van der Waals surface area contributed by atoms with Crippen molar-refractivity contribution in [2.24, 2.45) is 0 Å². The van der Waals surface area contributed by atoms with Crippen LogP contribution >= 0.6 is 0 Å². The summed E-state index contributed by atoms with van der Waals surface area (Å²) in [4.78, 5) is 22.0. The summed E-state index contributed by atoms with van der Waals surface area (Å²) in [6.07, 6.45) is 0. The smallest absolute Gasteiger partial charge is 0.243 e. The highest BCUT2D eigenvalue weighted by molar-refractivity contribution is 5.98. The van der Waals surface area contributed by atoms with Crippen LogP contribution in [0.1, 0.15) is 0 Å². The van der Waals surface area contributed by atoms with E-state index in [2.05, 4.69) is 16.0 Å². The van der Waals surface area contributed by atoms with Crippen molar-refractivity contribution in [3.8, 4) is 22.9 Å². The second-order valence-electron chi connectivity index (χ2n) is 7.38. The minimum Gasteiger partial charge on any atom is -0.497 e. The Hall–Kier alpha value is -3.92. The molecule has 1 fully saturated rings. The van der Waals surface area contributed by atoms with Gasteiger partial charge < -0.3 is 25.4 Å². The fourth-order valence-corrected chi connectivity index (χ4v) is 3.76. The molecule has 0 bridgehead atoms. The first-order valence-electron chi connectivity index (χ1n) is 10.3. The second-order valence-corrected chi connectivity index (χ2v) is 7.38. The average molecular weight is 433 g/mol. The van der Waals surface area contributed by atoms with Gasteiger partial charge in [-0.3, -0.25) is 4.79 Å². The van der Waals surface area contributed by atoms with Crippen molar-refractivity contribution >= 4 is 28.4 Å². The predicted octanol–water partition coefficient (Wildman–Crippen LogP) is 1.46. The van der Waals surface area contributed by atoms with E-state index in [1.165, 1.54) is 0 Å². The number of aromatic nitrogens is 4. The topological polar surface area (TPSA) is 115 Å². The number of rotatable bonds is 5. The molecule has 3 heterocycles. The zero-order valence-corrected chi connectivity index (χ0v) is 17.8. The van der Waals surface area contributed by atoms with Gasteiger partial charge in [-0.2, -0.15) is 4.52 Å². The van der Waals surface area contributed by atoms with Gasteiger partial charge in [-0.15, -0.1) is 5.10 Å². The average Bonchev–Trinajstić information content (AvgIpc) is 3.18. The Morgan fingerprint density at radius 2 is 1.91 bits per heavy atom. The highest BCUT2D eigenvalue weighted by atomic mass is 16.5. The quantitative estimate of drug-likeness (QED) is 0.433. The van der Waals surface area contributed by atoms with Gasteiger partial charge in [-0.1, -0.05) is 6.07 Å². The molecule has 5 rings (SSSR count). The molecule has 1 aliphatic rings. The number of fused-ring (bicyclic) bond motifs is 3. The van der Waals surface area contributed by atoms with Crippen LogP contribution in [0.15, 0.2) is 42.5 Å². The van der Waals surface area contributed by atoms with Gasteiger partial charge in [0.25, 0.3) is 0 Å². The van der Waals surface area contributed by atoms with Gasteiger partial charge in [0.2, 0.25) is 11.9 Å². The van der Waals surface area contributed by atoms with Gasteiger partial charge >= 0.3 is 0 Å². The number of nitrogens with one attached hydrogen (secondary N) is 3. The van der Waals surface area contributed by atoms with Crippen LogP contribution in [0.5, 0.6) is 11.5 Å². The van der Waals surface area contributed by atoms with Crippen LogP contribution in [0.25, 0.3) is 27.9 Å². The Kier molecular flexibility index (Phi) is 5.20. The predicted molar refractivity (Wildman–Crippen MR) is 120 cm³/mol. The van der Waals surface area contributed by atoms with Gasteiger partial charge in [0.15, 0.2) is 11.5 Å². The number of hydrogen-bond donors (Lipinski definition) is 3. The molecule has 164 valence electrons. The minimum absolute atomic E-state index is 0.0915. The maximum atomic E-state index is 12.5. The van der Waals surface area contributed by atoms with Crippen LogP contribution in [0.3, 0.4) is 0 Å². The first-order chi connectivity index (χ1) is 15.7. The monoisotopic (exact) mass is 433 g/mol. The molecule has 0 aliphatic carbocycles. The number of benzene rings is 2. The Bertz CT molecular complexity index is 1290. The lowest BCUT2D eigenvalue weighted by atomic mass is 10.2. The molecule has 0 spiro atoms. The number of carbonyl (C=O) groups is 1. The van der Waals surface area contributed by atoms with Crippen molar-refractivity contribution in [3.63, 3.8) is 0 Å². The van der Waals surface area contributed by atoms with E-state index in [1.54, 1.807) is 18.7 Å². The Labute approximate surface area is 184 Å². The SMILES string of the molecule is COc1ccc(-c2nc3c4c(OC)cccc4nc(N[C@@H]4CNCCNC4=O)n3n2)cc1. The summed E-state index contributed by atoms with van der Waals surface area (Å²) in [5, 5.41) is 14.8. The first-order valence-corrected chi connectivity index (χ1v) is 10.3. The third-order valence-electron chi connectivity index (χ3n) is 5.40. The number of anilines is 1. The van der Waals surface area contributed by atoms with E-state index < -0.39 is 6.04 Å². The number of ether oxygens (including phenoxy) is 2. The highest BCUT2D eigenvalue weighted by Gasteiger charge is 2.24. The van der Waals surface area contributed by atoms with E-state index in [9.17, 15) is 4.79 Å². The summed E-state index contributed by atoms with van der Waals surface area (Å²) in [7, 11) is 3.23. The molecular weight excluding hydrogens is 410 g/mol. The number of nitrogens with zero attached hydrogens (tertiary/aromatic N) is 4. The van der Waals surface area contributed by atoms with Crippen LogP contribution in [0.2, 0.25) is 0 Å². The standard InChI is InChI=1S/C22H23N7O3/c1-31-14-8-6-13(7-9-14)19-27-20-18-15(4-3-5-17(18)32-2)25-22(29(20)28-19)26-16-12-23-10-11-24-21(16)30/h3-9,16,23H,10-12H2,1-2H3,(H,24,30)(H,25,26)/t16-/m1/s1. The van der Waals surface area contributed by atoms with E-state index in [0.29, 0.717) is 48.3 Å². The van der Waals surface area contributed by atoms with Crippen molar-refractivity contribution in [2.75, 3.05) is 39.2 Å². The maximum Gasteiger partial charge on any atom is 0.243 e. The molecule has 32 heavy (non-hydrogen) atoms. The molecule has 0 saturated carbocycles. The van der Waals surface area contributed by atoms with Gasteiger partial charge in [0.1, 0.15) is 17.5 Å². The van der Waals surface area contributed by atoms with Crippen molar-refractivity contribution in [1.82, 2.24) is 30.2 Å². The maximum absolute atomic E-state index is 12.5. The largest absolute Gasteiger partial charge is 0.497 e. The Morgan fingerprint density at radius 3 is 2.69 bits per heavy atom. The Morgan fingerprint density at radius 1 is 1.06 bits per heavy atom. The molecule has 2 aromatic carbocycles. The molecule has 4 aromatic rings. The number of methoxy groups -OCH3 is 2. The van der Waals surface area contributed by atoms with Crippen molar-refractivity contribution in [2.45, 2.75) is 6.04 Å². The van der Waals surface area contributed by atoms with E-state index in [-0.39, 0.29) is 5.91 Å². The summed E-state index contributed by atoms with van der Waals surface area (Å²) in [6, 6.07) is 12.6. The van der Waals surface area contributed by atoms with Gasteiger partial charge in [-0.05, 0) is 36.4 Å². The lowest BCUT2D eigenvalue weighted by Gasteiger charge is -2.17. The van der Waals surface area contributed by atoms with Crippen molar-refractivity contribution < 1.29 is 14.3 Å². The summed E-state index contributed by atoms with van der Waals surface area (Å²) in [6.45, 7) is 1.78. The molecule has 2 aromatic heterocycles. The summed E-state index contributed by atoms with van der Waals surface area (Å²) >= 11 is 0. The third-order valence-corrected chi connectivity index (χ3v) is 5.40. The number of amides is 1. The van der Waals surface area contributed by atoms with Crippen molar-refractivity contribution in [1.29, 1.82) is 0 Å². The van der Waals surface area contributed by atoms with Gasteiger partial charge in [-0.25, -0.2) is 9.97 Å². The highest BCUT2D eigenvalue weighted by Crippen LogP contribution is 2.31. The van der Waals surface area contributed by atoms with Crippen LogP contribution < -0.4 is 25.4 Å². The van der Waals surface area contributed by atoms with Gasteiger partial charge in [0.05, 0.1) is 25.1 Å². The molecular formula is C22H23N7O3. The van der Waals surface area contributed by atoms with Crippen LogP contribution in [-0.2, 0) is 4.79 Å². The van der Waals surface area contributed by atoms with E-state index in [4.69, 9.17) is 24.5 Å². The van der Waals surface area contributed by atoms with Gasteiger partial charge in [0, 0.05) is 25.2 Å². The fraction of sp³-hybridized carbons (Fsp3) is 0.273. The summed E-state index contributed by atoms with van der Waals surface area (Å²) in [5.41, 5.74) is 2.11. The molecule has 0 radical (unpaired) electrons. The number of carbonyl (C=O) groups excluding carboxylic acids is 1. The molecule has 1 aliphatic heterocycles. The summed E-state index contributed by atoms with van der Waals surface area (Å²) in [5.74, 6) is 2.26. The zero-order valence-electron chi connectivity index (χ0n) is 17.8. The molecule has 10 nitrogen and oxygen atoms in total. The van der Waals surface area contributed by atoms with E-state index >= 15 is 0 Å². The molecule has 3 N–H and O–H groups in total. The second kappa shape index (κ2) is 8.31. The minimum atomic E-state index is -0.495. The normalized spacial score (nSPS) is 16.6. The fourth-order valence-electron chi connectivity index (χ4n) is 3.76. The van der Waals surface area contributed by atoms with Crippen LogP contribution in [-0.4, -0.2) is 65.4 Å². The molecule has 1 amide bonds. The van der Waals surface area contributed by atoms with Crippen molar-refractivity contribution in [3.05, 3.63) is 42.5 Å². The zero-order chi connectivity index (χ0) is 22.1. The first kappa shape index (κ1) is 20.0. The third kappa shape index (κ3) is 3.54. The van der Waals surface area contributed by atoms with E-state index in [0.717, 1.165) is 16.7 Å². The van der Waals surface area contributed by atoms with E-state index in [1.807, 2.05) is 42.5 Å².